The third-order valence-electron chi connectivity index (χ3n) is 6.70. The molecule has 1 aliphatic heterocycles. The van der Waals surface area contributed by atoms with Crippen LogP contribution in [0, 0.1) is 24.5 Å². The number of amides is 1. The lowest BCUT2D eigenvalue weighted by atomic mass is 9.93. The molecule has 1 unspecified atom stereocenters. The Morgan fingerprint density at radius 1 is 1.14 bits per heavy atom. The van der Waals surface area contributed by atoms with Crippen molar-refractivity contribution in [3.63, 3.8) is 0 Å². The van der Waals surface area contributed by atoms with Gasteiger partial charge in [-0.05, 0) is 29.7 Å². The van der Waals surface area contributed by atoms with E-state index in [0.717, 1.165) is 18.4 Å². The standard InChI is InChI=1S/C24H23F3N4O4S/c1-14-28-29-22(35-14)23(30-36(2,33)34)10-11-31(13-23)21(32)17-12-24(17,27)16-7-4-3-6-15(16)20-18(25)8-5-9-19(20)26/h3-9,17,30H,10-13H2,1-2H3/t17-,23?,24+/m0/s1. The van der Waals surface area contributed by atoms with E-state index in [1.54, 1.807) is 19.1 Å². The van der Waals surface area contributed by atoms with Gasteiger partial charge < -0.3 is 9.32 Å². The van der Waals surface area contributed by atoms with Crippen molar-refractivity contribution in [2.75, 3.05) is 19.3 Å². The van der Waals surface area contributed by atoms with Crippen LogP contribution in [-0.2, 0) is 26.0 Å². The van der Waals surface area contributed by atoms with Crippen LogP contribution in [0.1, 0.15) is 30.2 Å². The maximum Gasteiger partial charge on any atom is 0.239 e. The third kappa shape index (κ3) is 4.17. The second-order valence-corrected chi connectivity index (χ2v) is 11.1. The number of sulfonamides is 1. The number of alkyl halides is 1. The van der Waals surface area contributed by atoms with E-state index >= 15 is 4.39 Å². The number of carbonyl (C=O) groups excluding carboxylic acids is 1. The largest absolute Gasteiger partial charge is 0.423 e. The van der Waals surface area contributed by atoms with Crippen LogP contribution < -0.4 is 4.72 Å². The minimum atomic E-state index is -3.73. The van der Waals surface area contributed by atoms with Crippen LogP contribution in [0.4, 0.5) is 13.2 Å². The summed E-state index contributed by atoms with van der Waals surface area (Å²) in [6.07, 6.45) is 0.965. The molecule has 2 aliphatic rings. The normalized spacial score (nSPS) is 25.8. The predicted octanol–water partition coefficient (Wildman–Crippen LogP) is 3.18. The van der Waals surface area contributed by atoms with Gasteiger partial charge in [-0.15, -0.1) is 10.2 Å². The van der Waals surface area contributed by atoms with Crippen molar-refractivity contribution >= 4 is 15.9 Å². The molecule has 190 valence electrons. The van der Waals surface area contributed by atoms with Gasteiger partial charge in [-0.25, -0.2) is 21.6 Å². The zero-order chi connectivity index (χ0) is 25.9. The first-order chi connectivity index (χ1) is 16.9. The molecule has 1 aromatic heterocycles. The number of likely N-dealkylation sites (tertiary alicyclic amines) is 1. The van der Waals surface area contributed by atoms with Gasteiger partial charge in [-0.2, -0.15) is 4.72 Å². The van der Waals surface area contributed by atoms with Crippen molar-refractivity contribution in [1.82, 2.24) is 19.8 Å². The van der Waals surface area contributed by atoms with Gasteiger partial charge >= 0.3 is 0 Å². The number of carbonyl (C=O) groups is 1. The van der Waals surface area contributed by atoms with Crippen molar-refractivity contribution in [3.05, 3.63) is 71.4 Å². The Balaban J connectivity index is 1.43. The first-order valence-electron chi connectivity index (χ1n) is 11.2. The highest BCUT2D eigenvalue weighted by atomic mass is 32.2. The van der Waals surface area contributed by atoms with E-state index in [1.165, 1.54) is 23.1 Å². The minimum absolute atomic E-state index is 0.0170. The average Bonchev–Trinajstić information content (AvgIpc) is 3.10. The van der Waals surface area contributed by atoms with Gasteiger partial charge in [0.05, 0.1) is 17.7 Å². The van der Waals surface area contributed by atoms with E-state index in [0.29, 0.717) is 0 Å². The molecule has 2 heterocycles. The maximum absolute atomic E-state index is 16.2. The SMILES string of the molecule is Cc1nnc(C2(NS(C)(=O)=O)CCN(C(=O)[C@@H]3C[C@@]3(F)c3ccccc3-c3c(F)cccc3F)C2)o1. The molecule has 1 saturated heterocycles. The lowest BCUT2D eigenvalue weighted by Crippen LogP contribution is -2.48. The second kappa shape index (κ2) is 8.41. The van der Waals surface area contributed by atoms with Gasteiger partial charge in [-0.1, -0.05) is 30.3 Å². The van der Waals surface area contributed by atoms with Crippen molar-refractivity contribution in [1.29, 1.82) is 0 Å². The van der Waals surface area contributed by atoms with Crippen LogP contribution in [0.25, 0.3) is 11.1 Å². The van der Waals surface area contributed by atoms with Crippen LogP contribution in [0.2, 0.25) is 0 Å². The van der Waals surface area contributed by atoms with Crippen LogP contribution in [0.5, 0.6) is 0 Å². The summed E-state index contributed by atoms with van der Waals surface area (Å²) in [7, 11) is -3.73. The van der Waals surface area contributed by atoms with Crippen molar-refractivity contribution in [3.8, 4) is 11.1 Å². The van der Waals surface area contributed by atoms with Gasteiger partial charge in [-0.3, -0.25) is 4.79 Å². The number of benzene rings is 2. The number of halogens is 3. The Morgan fingerprint density at radius 3 is 2.47 bits per heavy atom. The first kappa shape index (κ1) is 24.4. The fourth-order valence-corrected chi connectivity index (χ4v) is 5.97. The molecular weight excluding hydrogens is 497 g/mol. The number of hydrogen-bond acceptors (Lipinski definition) is 6. The molecule has 12 heteroatoms. The summed E-state index contributed by atoms with van der Waals surface area (Å²) in [5.74, 6) is -3.04. The zero-order valence-corrected chi connectivity index (χ0v) is 20.3. The molecule has 5 rings (SSSR count). The van der Waals surface area contributed by atoms with Gasteiger partial charge in [0.15, 0.2) is 0 Å². The summed E-state index contributed by atoms with van der Waals surface area (Å²) in [5, 5.41) is 7.71. The quantitative estimate of drug-likeness (QED) is 0.535. The summed E-state index contributed by atoms with van der Waals surface area (Å²) >= 11 is 0. The molecule has 3 atom stereocenters. The molecule has 0 radical (unpaired) electrons. The molecule has 1 aliphatic carbocycles. The summed E-state index contributed by atoms with van der Waals surface area (Å²) in [4.78, 5) is 14.7. The first-order valence-corrected chi connectivity index (χ1v) is 13.1. The van der Waals surface area contributed by atoms with E-state index in [2.05, 4.69) is 14.9 Å². The smallest absolute Gasteiger partial charge is 0.239 e. The van der Waals surface area contributed by atoms with E-state index < -0.39 is 44.7 Å². The third-order valence-corrected chi connectivity index (χ3v) is 7.46. The topological polar surface area (TPSA) is 105 Å². The summed E-state index contributed by atoms with van der Waals surface area (Å²) in [6.45, 7) is 1.55. The van der Waals surface area contributed by atoms with Crippen LogP contribution in [0.3, 0.4) is 0 Å². The predicted molar refractivity (Wildman–Crippen MR) is 123 cm³/mol. The number of hydrogen-bond donors (Lipinski definition) is 1. The monoisotopic (exact) mass is 520 g/mol. The van der Waals surface area contributed by atoms with Crippen LogP contribution in [-0.4, -0.2) is 48.8 Å². The summed E-state index contributed by atoms with van der Waals surface area (Å²) in [5.41, 5.74) is -3.75. The summed E-state index contributed by atoms with van der Waals surface area (Å²) in [6, 6.07) is 9.35. The molecule has 2 aromatic carbocycles. The Morgan fingerprint density at radius 2 is 1.83 bits per heavy atom. The van der Waals surface area contributed by atoms with Gasteiger partial charge in [0.25, 0.3) is 0 Å². The molecule has 2 fully saturated rings. The van der Waals surface area contributed by atoms with Crippen molar-refractivity contribution in [2.45, 2.75) is 31.0 Å². The van der Waals surface area contributed by atoms with Crippen LogP contribution in [0.15, 0.2) is 46.9 Å². The fourth-order valence-electron chi connectivity index (χ4n) is 5.00. The number of nitrogens with zero attached hydrogens (tertiary/aromatic N) is 3. The van der Waals surface area contributed by atoms with Gasteiger partial charge in [0, 0.05) is 26.4 Å². The molecule has 36 heavy (non-hydrogen) atoms. The highest BCUT2D eigenvalue weighted by Gasteiger charge is 2.63. The van der Waals surface area contributed by atoms with Crippen LogP contribution >= 0.6 is 0 Å². The average molecular weight is 521 g/mol. The molecule has 8 nitrogen and oxygen atoms in total. The van der Waals surface area contributed by atoms with Gasteiger partial charge in [0.2, 0.25) is 27.7 Å². The molecule has 1 N–H and O–H groups in total. The van der Waals surface area contributed by atoms with Gasteiger partial charge in [0.1, 0.15) is 22.8 Å². The van der Waals surface area contributed by atoms with E-state index in [1.807, 2.05) is 0 Å². The summed E-state index contributed by atoms with van der Waals surface area (Å²) < 4.78 is 77.3. The number of aromatic nitrogens is 2. The molecular formula is C24H23F3N4O4S. The molecule has 1 saturated carbocycles. The molecule has 0 bridgehead atoms. The lowest BCUT2D eigenvalue weighted by molar-refractivity contribution is -0.132. The van der Waals surface area contributed by atoms with E-state index in [-0.39, 0.29) is 54.4 Å². The Kier molecular flexibility index (Phi) is 5.71. The molecule has 3 aromatic rings. The lowest BCUT2D eigenvalue weighted by Gasteiger charge is -2.26. The Labute approximate surface area is 205 Å². The van der Waals surface area contributed by atoms with E-state index in [9.17, 15) is 22.0 Å². The molecule has 0 spiro atoms. The van der Waals surface area contributed by atoms with Crippen molar-refractivity contribution < 1.29 is 30.8 Å². The van der Waals surface area contributed by atoms with Crippen molar-refractivity contribution in [2.24, 2.45) is 5.92 Å². The number of rotatable bonds is 6. The fraction of sp³-hybridized carbons (Fsp3) is 0.375. The molecule has 1 amide bonds. The zero-order valence-electron chi connectivity index (χ0n) is 19.5. The number of aryl methyl sites for hydroxylation is 1. The Hall–Kier alpha value is -3.25. The number of nitrogens with one attached hydrogen (secondary N) is 1. The minimum Gasteiger partial charge on any atom is -0.423 e. The van der Waals surface area contributed by atoms with E-state index in [4.69, 9.17) is 4.42 Å². The highest BCUT2D eigenvalue weighted by Crippen LogP contribution is 2.59. The highest BCUT2D eigenvalue weighted by molar-refractivity contribution is 7.88. The maximum atomic E-state index is 16.2. The Bertz CT molecular complexity index is 1440. The second-order valence-electron chi connectivity index (χ2n) is 9.35.